The van der Waals surface area contributed by atoms with Crippen molar-refractivity contribution in [1.29, 1.82) is 0 Å². The van der Waals surface area contributed by atoms with Crippen molar-refractivity contribution in [3.8, 4) is 5.75 Å². The van der Waals surface area contributed by atoms with Crippen molar-refractivity contribution in [2.45, 2.75) is 13.0 Å². The second-order valence-corrected chi connectivity index (χ2v) is 4.32. The third kappa shape index (κ3) is 3.87. The Balaban J connectivity index is 2.75. The fraction of sp³-hybridized carbons (Fsp3) is 0.273. The lowest BCUT2D eigenvalue weighted by molar-refractivity contribution is 0.199. The molecule has 0 amide bonds. The summed E-state index contributed by atoms with van der Waals surface area (Å²) in [5.74, 6) is 0.503. The molecule has 0 fully saturated rings. The molecule has 1 aromatic rings. The fourth-order valence-electron chi connectivity index (χ4n) is 1.07. The van der Waals surface area contributed by atoms with E-state index in [1.807, 2.05) is 0 Å². The molecule has 1 rings (SSSR count). The number of halogens is 3. The first-order valence-corrected chi connectivity index (χ1v) is 5.79. The van der Waals surface area contributed by atoms with Crippen molar-refractivity contribution in [3.63, 3.8) is 0 Å². The Labute approximate surface area is 109 Å². The van der Waals surface area contributed by atoms with Gasteiger partial charge in [0.05, 0.1) is 16.2 Å². The molecule has 0 spiro atoms. The summed E-state index contributed by atoms with van der Waals surface area (Å²) < 4.78 is 5.33. The zero-order valence-corrected chi connectivity index (χ0v) is 10.9. The van der Waals surface area contributed by atoms with Gasteiger partial charge in [0.15, 0.2) is 0 Å². The molecular formula is C11H11Cl3O2. The van der Waals surface area contributed by atoms with Crippen LogP contribution in [0.3, 0.4) is 0 Å². The number of hydrogen-bond donors (Lipinski definition) is 1. The van der Waals surface area contributed by atoms with Gasteiger partial charge in [-0.25, -0.2) is 0 Å². The van der Waals surface area contributed by atoms with E-state index < -0.39 is 6.10 Å². The Bertz CT molecular complexity index is 389. The van der Waals surface area contributed by atoms with Gasteiger partial charge in [-0.15, -0.1) is 0 Å². The maximum Gasteiger partial charge on any atom is 0.138 e. The van der Waals surface area contributed by atoms with E-state index in [9.17, 15) is 5.11 Å². The zero-order chi connectivity index (χ0) is 12.1. The Morgan fingerprint density at radius 1 is 1.56 bits per heavy atom. The van der Waals surface area contributed by atoms with Gasteiger partial charge >= 0.3 is 0 Å². The van der Waals surface area contributed by atoms with Gasteiger partial charge in [0.1, 0.15) is 12.4 Å². The van der Waals surface area contributed by atoms with Crippen LogP contribution in [0.15, 0.2) is 28.8 Å². The third-order valence-electron chi connectivity index (χ3n) is 1.92. The summed E-state index contributed by atoms with van der Waals surface area (Å²) in [6, 6.07) is 5.08. The highest BCUT2D eigenvalue weighted by Gasteiger charge is 2.06. The lowest BCUT2D eigenvalue weighted by Crippen LogP contribution is -1.98. The van der Waals surface area contributed by atoms with Crippen LogP contribution in [0.25, 0.3) is 0 Å². The largest absolute Gasteiger partial charge is 0.486 e. The third-order valence-corrected chi connectivity index (χ3v) is 2.81. The van der Waals surface area contributed by atoms with Crippen LogP contribution < -0.4 is 4.74 Å². The molecular weight excluding hydrogens is 270 g/mol. The van der Waals surface area contributed by atoms with Crippen molar-refractivity contribution >= 4 is 34.8 Å². The first-order valence-electron chi connectivity index (χ1n) is 4.59. The minimum absolute atomic E-state index is 0.165. The van der Waals surface area contributed by atoms with Gasteiger partial charge in [-0.05, 0) is 24.6 Å². The topological polar surface area (TPSA) is 29.5 Å². The van der Waals surface area contributed by atoms with Crippen LogP contribution in [-0.2, 0) is 0 Å². The minimum Gasteiger partial charge on any atom is -0.486 e. The van der Waals surface area contributed by atoms with Crippen LogP contribution in [-0.4, -0.2) is 11.7 Å². The first kappa shape index (κ1) is 13.7. The number of ether oxygens (including phenoxy) is 1. The summed E-state index contributed by atoms with van der Waals surface area (Å²) in [5, 5.41) is 10.2. The summed E-state index contributed by atoms with van der Waals surface area (Å²) in [6.07, 6.45) is -0.558. The zero-order valence-electron chi connectivity index (χ0n) is 8.58. The fourth-order valence-corrected chi connectivity index (χ4v) is 1.43. The molecule has 0 aromatic heterocycles. The molecule has 16 heavy (non-hydrogen) atoms. The Morgan fingerprint density at radius 3 is 2.75 bits per heavy atom. The second-order valence-electron chi connectivity index (χ2n) is 3.21. The van der Waals surface area contributed by atoms with Crippen molar-refractivity contribution in [1.82, 2.24) is 0 Å². The Hall–Kier alpha value is -0.410. The molecule has 5 heteroatoms. The average molecular weight is 282 g/mol. The highest BCUT2D eigenvalue weighted by atomic mass is 35.5. The number of aliphatic hydroxyl groups is 1. The summed E-state index contributed by atoms with van der Waals surface area (Å²) >= 11 is 17.0. The normalized spacial score (nSPS) is 13.7. The number of rotatable bonds is 4. The molecule has 88 valence electrons. The lowest BCUT2D eigenvalue weighted by Gasteiger charge is -2.10. The Kier molecular flexibility index (Phi) is 5.42. The molecule has 1 aromatic carbocycles. The number of aliphatic hydroxyl groups excluding tert-OH is 1. The van der Waals surface area contributed by atoms with E-state index in [0.29, 0.717) is 15.8 Å². The summed E-state index contributed by atoms with van der Waals surface area (Å²) in [6.45, 7) is 1.83. The summed E-state index contributed by atoms with van der Waals surface area (Å²) in [7, 11) is 0. The van der Waals surface area contributed by atoms with E-state index in [1.54, 1.807) is 25.1 Å². The quantitative estimate of drug-likeness (QED) is 0.900. The van der Waals surface area contributed by atoms with Crippen molar-refractivity contribution in [2.24, 2.45) is 0 Å². The van der Waals surface area contributed by atoms with E-state index in [-0.39, 0.29) is 6.61 Å². The monoisotopic (exact) mass is 280 g/mol. The highest BCUT2D eigenvalue weighted by Crippen LogP contribution is 2.28. The van der Waals surface area contributed by atoms with Crippen LogP contribution in [0.1, 0.15) is 18.6 Å². The molecule has 1 atom stereocenters. The molecule has 1 N–H and O–H groups in total. The maximum atomic E-state index is 9.35. The molecule has 0 aliphatic carbocycles. The van der Waals surface area contributed by atoms with Gasteiger partial charge in [0.25, 0.3) is 0 Å². The summed E-state index contributed by atoms with van der Waals surface area (Å²) in [5.41, 5.74) is 1.97. The predicted octanol–water partition coefficient (Wildman–Crippen LogP) is 4.09. The predicted molar refractivity (Wildman–Crippen MR) is 67.4 cm³/mol. The molecule has 2 nitrogen and oxygen atoms in total. The average Bonchev–Trinajstić information content (AvgIpc) is 2.26. The van der Waals surface area contributed by atoms with Gasteiger partial charge in [-0.1, -0.05) is 40.9 Å². The molecule has 0 heterocycles. The van der Waals surface area contributed by atoms with E-state index in [2.05, 4.69) is 0 Å². The molecule has 0 saturated heterocycles. The van der Waals surface area contributed by atoms with E-state index in [1.165, 1.54) is 5.54 Å². The van der Waals surface area contributed by atoms with E-state index in [4.69, 9.17) is 39.5 Å². The molecule has 0 unspecified atom stereocenters. The standard InChI is InChI=1S/C11H11Cl3O2/c1-7(15)8-2-3-11(10(14)4-8)16-6-9(13)5-12/h2-5,7,15H,6H2,1H3/b9-5-/t7-/m1/s1. The van der Waals surface area contributed by atoms with Crippen LogP contribution in [0.4, 0.5) is 0 Å². The maximum absolute atomic E-state index is 9.35. The van der Waals surface area contributed by atoms with Crippen LogP contribution in [0, 0.1) is 0 Å². The molecule has 0 aliphatic heterocycles. The van der Waals surface area contributed by atoms with Gasteiger partial charge < -0.3 is 9.84 Å². The molecule has 0 aliphatic rings. The number of hydrogen-bond acceptors (Lipinski definition) is 2. The Morgan fingerprint density at radius 2 is 2.25 bits per heavy atom. The molecule has 0 radical (unpaired) electrons. The molecule has 0 bridgehead atoms. The second kappa shape index (κ2) is 6.36. The van der Waals surface area contributed by atoms with Crippen LogP contribution in [0.5, 0.6) is 5.75 Å². The van der Waals surface area contributed by atoms with Crippen molar-refractivity contribution in [3.05, 3.63) is 39.4 Å². The van der Waals surface area contributed by atoms with E-state index in [0.717, 1.165) is 5.56 Å². The van der Waals surface area contributed by atoms with Crippen molar-refractivity contribution in [2.75, 3.05) is 6.61 Å². The van der Waals surface area contributed by atoms with Gasteiger partial charge in [-0.3, -0.25) is 0 Å². The van der Waals surface area contributed by atoms with Crippen LogP contribution in [0.2, 0.25) is 5.02 Å². The SMILES string of the molecule is C[C@@H](O)c1ccc(OC/C(Cl)=C/Cl)c(Cl)c1. The first-order chi connectivity index (χ1) is 7.54. The van der Waals surface area contributed by atoms with Gasteiger partial charge in [0.2, 0.25) is 0 Å². The van der Waals surface area contributed by atoms with Gasteiger partial charge in [-0.2, -0.15) is 0 Å². The van der Waals surface area contributed by atoms with Crippen LogP contribution >= 0.6 is 34.8 Å². The highest BCUT2D eigenvalue weighted by molar-refractivity contribution is 6.36. The lowest BCUT2D eigenvalue weighted by atomic mass is 10.1. The van der Waals surface area contributed by atoms with Crippen molar-refractivity contribution < 1.29 is 9.84 Å². The van der Waals surface area contributed by atoms with E-state index >= 15 is 0 Å². The molecule has 0 saturated carbocycles. The minimum atomic E-state index is -0.558. The van der Waals surface area contributed by atoms with Gasteiger partial charge in [0, 0.05) is 5.54 Å². The number of benzene rings is 1. The smallest absolute Gasteiger partial charge is 0.138 e. The summed E-state index contributed by atoms with van der Waals surface area (Å²) in [4.78, 5) is 0.